The van der Waals surface area contributed by atoms with Crippen LogP contribution in [0.2, 0.25) is 0 Å². The molecule has 0 saturated heterocycles. The molecule has 0 radical (unpaired) electrons. The molecule has 0 aliphatic heterocycles. The second kappa shape index (κ2) is 4.26. The molecule has 16 heavy (non-hydrogen) atoms. The normalized spacial score (nSPS) is 11.2. The molecule has 1 aromatic carbocycles. The molecule has 0 aliphatic carbocycles. The Morgan fingerprint density at radius 1 is 1.12 bits per heavy atom. The number of nitrogens with zero attached hydrogens (tertiary/aromatic N) is 4. The van der Waals surface area contributed by atoms with Crippen molar-refractivity contribution in [2.45, 2.75) is 6.92 Å². The van der Waals surface area contributed by atoms with Crippen LogP contribution in [-0.2, 0) is 0 Å². The molecular formula is C12H14N4. The molecule has 0 N–H and O–H groups in total. The van der Waals surface area contributed by atoms with E-state index in [4.69, 9.17) is 0 Å². The third kappa shape index (κ3) is 2.16. The maximum atomic E-state index is 4.46. The van der Waals surface area contributed by atoms with Crippen LogP contribution in [0.4, 0.5) is 5.82 Å². The maximum absolute atomic E-state index is 4.46. The molecule has 2 aromatic rings. The molecule has 1 aromatic heterocycles. The molecule has 1 heterocycles. The topological polar surface area (TPSA) is 41.4 Å². The molecular weight excluding hydrogens is 200 g/mol. The number of para-hydroxylation sites is 2. The van der Waals surface area contributed by atoms with E-state index in [0.29, 0.717) is 5.82 Å². The average molecular weight is 214 g/mol. The largest absolute Gasteiger partial charge is 0.369 e. The Bertz CT molecular complexity index is 532. The van der Waals surface area contributed by atoms with E-state index in [1.54, 1.807) is 6.34 Å². The number of hydrogen-bond donors (Lipinski definition) is 0. The lowest BCUT2D eigenvalue weighted by Crippen LogP contribution is -2.07. The summed E-state index contributed by atoms with van der Waals surface area (Å²) in [7, 11) is 3.85. The van der Waals surface area contributed by atoms with Crippen LogP contribution in [0.5, 0.6) is 0 Å². The SMILES string of the molecule is Cc1nc2ccccc2nc1N=CN(C)C. The molecule has 0 bridgehead atoms. The highest BCUT2D eigenvalue weighted by Crippen LogP contribution is 2.17. The van der Waals surface area contributed by atoms with Crippen molar-refractivity contribution >= 4 is 23.2 Å². The maximum Gasteiger partial charge on any atom is 0.175 e. The Labute approximate surface area is 94.7 Å². The summed E-state index contributed by atoms with van der Waals surface area (Å²) >= 11 is 0. The van der Waals surface area contributed by atoms with Gasteiger partial charge in [-0.15, -0.1) is 0 Å². The number of rotatable bonds is 2. The van der Waals surface area contributed by atoms with Crippen molar-refractivity contribution in [3.05, 3.63) is 30.0 Å². The third-order valence-corrected chi connectivity index (χ3v) is 2.13. The van der Waals surface area contributed by atoms with Crippen molar-refractivity contribution < 1.29 is 0 Å². The molecule has 82 valence electrons. The molecule has 4 nitrogen and oxygen atoms in total. The zero-order valence-electron chi connectivity index (χ0n) is 9.68. The van der Waals surface area contributed by atoms with E-state index in [1.165, 1.54) is 0 Å². The van der Waals surface area contributed by atoms with E-state index in [2.05, 4.69) is 15.0 Å². The first-order valence-electron chi connectivity index (χ1n) is 5.11. The molecule has 0 aliphatic rings. The van der Waals surface area contributed by atoms with Gasteiger partial charge in [0.25, 0.3) is 0 Å². The van der Waals surface area contributed by atoms with Gasteiger partial charge in [0.15, 0.2) is 5.82 Å². The summed E-state index contributed by atoms with van der Waals surface area (Å²) in [6, 6.07) is 7.80. The number of fused-ring (bicyclic) bond motifs is 1. The van der Waals surface area contributed by atoms with Gasteiger partial charge in [0.05, 0.1) is 23.1 Å². The summed E-state index contributed by atoms with van der Waals surface area (Å²) in [6.07, 6.45) is 1.73. The van der Waals surface area contributed by atoms with Crippen LogP contribution in [0.15, 0.2) is 29.3 Å². The molecule has 0 unspecified atom stereocenters. The Kier molecular flexibility index (Phi) is 2.81. The lowest BCUT2D eigenvalue weighted by atomic mass is 10.3. The van der Waals surface area contributed by atoms with Gasteiger partial charge in [-0.05, 0) is 19.1 Å². The fourth-order valence-corrected chi connectivity index (χ4v) is 1.37. The average Bonchev–Trinajstić information content (AvgIpc) is 2.26. The highest BCUT2D eigenvalue weighted by atomic mass is 15.1. The van der Waals surface area contributed by atoms with Crippen LogP contribution in [0.3, 0.4) is 0 Å². The minimum absolute atomic E-state index is 0.674. The summed E-state index contributed by atoms with van der Waals surface area (Å²) in [5.41, 5.74) is 2.62. The summed E-state index contributed by atoms with van der Waals surface area (Å²) in [4.78, 5) is 15.1. The zero-order valence-corrected chi connectivity index (χ0v) is 9.68. The summed E-state index contributed by atoms with van der Waals surface area (Å²) in [5.74, 6) is 0.674. The van der Waals surface area contributed by atoms with Crippen LogP contribution in [0.25, 0.3) is 11.0 Å². The molecule has 0 saturated carbocycles. The van der Waals surface area contributed by atoms with Gasteiger partial charge in [-0.1, -0.05) is 12.1 Å². The Morgan fingerprint density at radius 2 is 1.75 bits per heavy atom. The van der Waals surface area contributed by atoms with E-state index >= 15 is 0 Å². The van der Waals surface area contributed by atoms with Gasteiger partial charge in [0.1, 0.15) is 0 Å². The van der Waals surface area contributed by atoms with E-state index in [1.807, 2.05) is 50.2 Å². The van der Waals surface area contributed by atoms with Gasteiger partial charge in [-0.25, -0.2) is 15.0 Å². The van der Waals surface area contributed by atoms with E-state index in [0.717, 1.165) is 16.7 Å². The molecule has 0 atom stereocenters. The van der Waals surface area contributed by atoms with Gasteiger partial charge in [-0.3, -0.25) is 0 Å². The molecule has 4 heteroatoms. The number of aliphatic imine (C=N–C) groups is 1. The lowest BCUT2D eigenvalue weighted by Gasteiger charge is -2.04. The Balaban J connectivity index is 2.50. The van der Waals surface area contributed by atoms with Crippen LogP contribution >= 0.6 is 0 Å². The minimum atomic E-state index is 0.674. The summed E-state index contributed by atoms with van der Waals surface area (Å²) < 4.78 is 0. The standard InChI is InChI=1S/C12H14N4/c1-9-12(13-8-16(2)3)15-11-7-5-4-6-10(11)14-9/h4-8H,1-3H3. The number of aryl methyl sites for hydroxylation is 1. The highest BCUT2D eigenvalue weighted by Gasteiger charge is 2.02. The van der Waals surface area contributed by atoms with Gasteiger partial charge in [0, 0.05) is 14.1 Å². The molecule has 2 rings (SSSR count). The van der Waals surface area contributed by atoms with Crippen molar-refractivity contribution in [2.75, 3.05) is 14.1 Å². The molecule has 0 spiro atoms. The van der Waals surface area contributed by atoms with Crippen LogP contribution < -0.4 is 0 Å². The van der Waals surface area contributed by atoms with Gasteiger partial charge in [0.2, 0.25) is 0 Å². The Morgan fingerprint density at radius 3 is 2.38 bits per heavy atom. The smallest absolute Gasteiger partial charge is 0.175 e. The van der Waals surface area contributed by atoms with Crippen LogP contribution in [0.1, 0.15) is 5.69 Å². The van der Waals surface area contributed by atoms with E-state index in [-0.39, 0.29) is 0 Å². The van der Waals surface area contributed by atoms with Gasteiger partial charge < -0.3 is 4.90 Å². The predicted molar refractivity (Wildman–Crippen MR) is 66.1 cm³/mol. The highest BCUT2D eigenvalue weighted by molar-refractivity contribution is 5.76. The second-order valence-corrected chi connectivity index (χ2v) is 3.83. The quantitative estimate of drug-likeness (QED) is 0.568. The van der Waals surface area contributed by atoms with E-state index in [9.17, 15) is 0 Å². The number of hydrogen-bond acceptors (Lipinski definition) is 3. The predicted octanol–water partition coefficient (Wildman–Crippen LogP) is 2.16. The zero-order chi connectivity index (χ0) is 11.5. The molecule has 0 amide bonds. The lowest BCUT2D eigenvalue weighted by molar-refractivity contribution is 0.643. The number of aromatic nitrogens is 2. The summed E-state index contributed by atoms with van der Waals surface area (Å²) in [5, 5.41) is 0. The monoisotopic (exact) mass is 214 g/mol. The van der Waals surface area contributed by atoms with Crippen molar-refractivity contribution in [3.8, 4) is 0 Å². The fraction of sp³-hybridized carbons (Fsp3) is 0.250. The second-order valence-electron chi connectivity index (χ2n) is 3.83. The van der Waals surface area contributed by atoms with Gasteiger partial charge in [-0.2, -0.15) is 0 Å². The fourth-order valence-electron chi connectivity index (χ4n) is 1.37. The van der Waals surface area contributed by atoms with Gasteiger partial charge >= 0.3 is 0 Å². The third-order valence-electron chi connectivity index (χ3n) is 2.13. The number of benzene rings is 1. The van der Waals surface area contributed by atoms with E-state index < -0.39 is 0 Å². The first-order chi connectivity index (χ1) is 7.66. The minimum Gasteiger partial charge on any atom is -0.369 e. The van der Waals surface area contributed by atoms with Crippen molar-refractivity contribution in [1.82, 2.24) is 14.9 Å². The van der Waals surface area contributed by atoms with Crippen molar-refractivity contribution in [1.29, 1.82) is 0 Å². The van der Waals surface area contributed by atoms with Crippen molar-refractivity contribution in [3.63, 3.8) is 0 Å². The summed E-state index contributed by atoms with van der Waals surface area (Å²) in [6.45, 7) is 1.92. The Hall–Kier alpha value is -1.97. The first kappa shape index (κ1) is 10.5. The van der Waals surface area contributed by atoms with Crippen LogP contribution in [-0.4, -0.2) is 35.3 Å². The first-order valence-corrected chi connectivity index (χ1v) is 5.11. The molecule has 0 fully saturated rings. The van der Waals surface area contributed by atoms with Crippen LogP contribution in [0, 0.1) is 6.92 Å². The van der Waals surface area contributed by atoms with Crippen molar-refractivity contribution in [2.24, 2.45) is 4.99 Å².